The standard InChI is InChI=1S/C17H23ClN4O3S/c1-12(2)24-9-3-8-19-16(23)11-26-17-20-15(21-22-17)10-25-14-6-4-13(18)5-7-14/h4-7,12H,3,8-11H2,1-2H3,(H,19,23)(H,20,21,22). The van der Waals surface area contributed by atoms with Crippen LogP contribution in [-0.2, 0) is 16.1 Å². The van der Waals surface area contributed by atoms with Crippen molar-refractivity contribution < 1.29 is 14.3 Å². The number of carbonyl (C=O) groups excluding carboxylic acids is 1. The molecule has 1 amide bonds. The summed E-state index contributed by atoms with van der Waals surface area (Å²) in [5, 5.41) is 10.9. The first-order valence-electron chi connectivity index (χ1n) is 8.33. The summed E-state index contributed by atoms with van der Waals surface area (Å²) in [5.74, 6) is 1.50. The molecular formula is C17H23ClN4O3S. The number of H-pyrrole nitrogens is 1. The molecule has 0 spiro atoms. The number of thioether (sulfide) groups is 1. The second-order valence-corrected chi connectivity index (χ2v) is 7.10. The minimum absolute atomic E-state index is 0.0525. The summed E-state index contributed by atoms with van der Waals surface area (Å²) in [7, 11) is 0. The normalized spacial score (nSPS) is 10.9. The second kappa shape index (κ2) is 11.1. The van der Waals surface area contributed by atoms with Crippen molar-refractivity contribution in [2.45, 2.75) is 38.1 Å². The van der Waals surface area contributed by atoms with Crippen LogP contribution in [0.15, 0.2) is 29.4 Å². The lowest BCUT2D eigenvalue weighted by molar-refractivity contribution is -0.118. The van der Waals surface area contributed by atoms with Gasteiger partial charge < -0.3 is 14.8 Å². The Morgan fingerprint density at radius 3 is 2.85 bits per heavy atom. The van der Waals surface area contributed by atoms with Crippen LogP contribution in [0.5, 0.6) is 5.75 Å². The number of hydrogen-bond donors (Lipinski definition) is 2. The highest BCUT2D eigenvalue weighted by atomic mass is 35.5. The first kappa shape index (κ1) is 20.5. The number of rotatable bonds is 11. The number of halogens is 1. The van der Waals surface area contributed by atoms with E-state index in [2.05, 4.69) is 20.5 Å². The van der Waals surface area contributed by atoms with E-state index in [1.165, 1.54) is 11.8 Å². The molecule has 9 heteroatoms. The summed E-state index contributed by atoms with van der Waals surface area (Å²) >= 11 is 7.10. The Morgan fingerprint density at radius 2 is 2.12 bits per heavy atom. The summed E-state index contributed by atoms with van der Waals surface area (Å²) in [6.07, 6.45) is 1.01. The van der Waals surface area contributed by atoms with Gasteiger partial charge in [-0.3, -0.25) is 9.89 Å². The van der Waals surface area contributed by atoms with Crippen LogP contribution in [0.2, 0.25) is 5.02 Å². The van der Waals surface area contributed by atoms with E-state index in [9.17, 15) is 4.79 Å². The lowest BCUT2D eigenvalue weighted by atomic mass is 10.3. The summed E-state index contributed by atoms with van der Waals surface area (Å²) in [6, 6.07) is 7.08. The summed E-state index contributed by atoms with van der Waals surface area (Å²) < 4.78 is 11.0. The average molecular weight is 399 g/mol. The Balaban J connectivity index is 1.63. The van der Waals surface area contributed by atoms with Crippen molar-refractivity contribution in [1.82, 2.24) is 20.5 Å². The molecular weight excluding hydrogens is 376 g/mol. The molecule has 26 heavy (non-hydrogen) atoms. The van der Waals surface area contributed by atoms with Gasteiger partial charge in [0.2, 0.25) is 11.1 Å². The van der Waals surface area contributed by atoms with Crippen LogP contribution in [0.4, 0.5) is 0 Å². The maximum Gasteiger partial charge on any atom is 0.230 e. The number of aromatic nitrogens is 3. The maximum atomic E-state index is 11.8. The van der Waals surface area contributed by atoms with Gasteiger partial charge in [-0.05, 0) is 44.5 Å². The van der Waals surface area contributed by atoms with E-state index < -0.39 is 0 Å². The van der Waals surface area contributed by atoms with Crippen molar-refractivity contribution >= 4 is 29.3 Å². The van der Waals surface area contributed by atoms with E-state index in [-0.39, 0.29) is 24.4 Å². The van der Waals surface area contributed by atoms with Crippen LogP contribution in [-0.4, -0.2) is 46.1 Å². The number of carbonyl (C=O) groups is 1. The Kier molecular flexibility index (Phi) is 8.73. The molecule has 0 unspecified atom stereocenters. The van der Waals surface area contributed by atoms with Gasteiger partial charge in [0.05, 0.1) is 11.9 Å². The van der Waals surface area contributed by atoms with Crippen LogP contribution in [0.3, 0.4) is 0 Å². The SMILES string of the molecule is CC(C)OCCCNC(=O)CSc1n[nH]c(COc2ccc(Cl)cc2)n1. The number of nitrogens with one attached hydrogen (secondary N) is 2. The molecule has 0 fully saturated rings. The van der Waals surface area contributed by atoms with Gasteiger partial charge in [0.25, 0.3) is 0 Å². The van der Waals surface area contributed by atoms with E-state index in [1.807, 2.05) is 13.8 Å². The van der Waals surface area contributed by atoms with Gasteiger partial charge >= 0.3 is 0 Å². The van der Waals surface area contributed by atoms with Gasteiger partial charge in [-0.1, -0.05) is 23.4 Å². The molecule has 2 aromatic rings. The van der Waals surface area contributed by atoms with Crippen molar-refractivity contribution in [3.05, 3.63) is 35.1 Å². The fourth-order valence-electron chi connectivity index (χ4n) is 1.89. The minimum Gasteiger partial charge on any atom is -0.486 e. The van der Waals surface area contributed by atoms with Crippen LogP contribution < -0.4 is 10.1 Å². The third-order valence-electron chi connectivity index (χ3n) is 3.13. The van der Waals surface area contributed by atoms with Crippen molar-refractivity contribution in [1.29, 1.82) is 0 Å². The van der Waals surface area contributed by atoms with E-state index in [0.29, 0.717) is 34.9 Å². The highest BCUT2D eigenvalue weighted by molar-refractivity contribution is 7.99. The number of nitrogens with zero attached hydrogens (tertiary/aromatic N) is 2. The van der Waals surface area contributed by atoms with Gasteiger partial charge in [0.1, 0.15) is 12.4 Å². The van der Waals surface area contributed by atoms with E-state index >= 15 is 0 Å². The molecule has 7 nitrogen and oxygen atoms in total. The Labute approximate surface area is 162 Å². The van der Waals surface area contributed by atoms with Crippen molar-refractivity contribution in [3.8, 4) is 5.75 Å². The number of aromatic amines is 1. The first-order valence-corrected chi connectivity index (χ1v) is 9.70. The quantitative estimate of drug-likeness (QED) is 0.446. The van der Waals surface area contributed by atoms with E-state index in [4.69, 9.17) is 21.1 Å². The van der Waals surface area contributed by atoms with Crippen molar-refractivity contribution in [2.75, 3.05) is 18.9 Å². The molecule has 1 heterocycles. The molecule has 0 aliphatic carbocycles. The molecule has 0 bridgehead atoms. The zero-order chi connectivity index (χ0) is 18.8. The molecule has 0 atom stereocenters. The summed E-state index contributed by atoms with van der Waals surface area (Å²) in [6.45, 7) is 5.47. The molecule has 0 aliphatic rings. The van der Waals surface area contributed by atoms with E-state index in [1.54, 1.807) is 24.3 Å². The molecule has 1 aromatic heterocycles. The predicted octanol–water partition coefficient (Wildman–Crippen LogP) is 3.06. The molecule has 1 aromatic carbocycles. The molecule has 0 saturated heterocycles. The van der Waals surface area contributed by atoms with Gasteiger partial charge in [-0.2, -0.15) is 0 Å². The molecule has 0 aliphatic heterocycles. The largest absolute Gasteiger partial charge is 0.486 e. The van der Waals surface area contributed by atoms with Crippen LogP contribution >= 0.6 is 23.4 Å². The van der Waals surface area contributed by atoms with Crippen LogP contribution in [0.25, 0.3) is 0 Å². The molecule has 2 rings (SSSR count). The highest BCUT2D eigenvalue weighted by Gasteiger charge is 2.08. The predicted molar refractivity (Wildman–Crippen MR) is 102 cm³/mol. The maximum absolute atomic E-state index is 11.8. The molecule has 2 N–H and O–H groups in total. The monoisotopic (exact) mass is 398 g/mol. The third-order valence-corrected chi connectivity index (χ3v) is 4.23. The molecule has 0 radical (unpaired) electrons. The van der Waals surface area contributed by atoms with Gasteiger partial charge in [-0.15, -0.1) is 5.10 Å². The molecule has 0 saturated carbocycles. The van der Waals surface area contributed by atoms with Crippen molar-refractivity contribution in [3.63, 3.8) is 0 Å². The minimum atomic E-state index is -0.0525. The summed E-state index contributed by atoms with van der Waals surface area (Å²) in [4.78, 5) is 16.1. The smallest absolute Gasteiger partial charge is 0.230 e. The number of benzene rings is 1. The topological polar surface area (TPSA) is 89.1 Å². The Hall–Kier alpha value is -1.77. The van der Waals surface area contributed by atoms with Gasteiger partial charge in [0.15, 0.2) is 5.82 Å². The second-order valence-electron chi connectivity index (χ2n) is 5.72. The number of ether oxygens (including phenoxy) is 2. The summed E-state index contributed by atoms with van der Waals surface area (Å²) in [5.41, 5.74) is 0. The first-order chi connectivity index (χ1) is 12.5. The lowest BCUT2D eigenvalue weighted by Crippen LogP contribution is -2.27. The molecule has 142 valence electrons. The fourth-order valence-corrected chi connectivity index (χ4v) is 2.66. The fraction of sp³-hybridized carbons (Fsp3) is 0.471. The van der Waals surface area contributed by atoms with Crippen LogP contribution in [0.1, 0.15) is 26.1 Å². The third kappa shape index (κ3) is 8.07. The zero-order valence-electron chi connectivity index (χ0n) is 14.8. The highest BCUT2D eigenvalue weighted by Crippen LogP contribution is 2.17. The average Bonchev–Trinajstić information content (AvgIpc) is 3.07. The number of amides is 1. The van der Waals surface area contributed by atoms with Gasteiger partial charge in [-0.25, -0.2) is 4.98 Å². The lowest BCUT2D eigenvalue weighted by Gasteiger charge is -2.07. The van der Waals surface area contributed by atoms with E-state index in [0.717, 1.165) is 6.42 Å². The Morgan fingerprint density at radius 1 is 1.35 bits per heavy atom. The van der Waals surface area contributed by atoms with Crippen LogP contribution in [0, 0.1) is 0 Å². The Bertz CT molecular complexity index is 679. The van der Waals surface area contributed by atoms with Gasteiger partial charge in [0, 0.05) is 18.2 Å². The number of hydrogen-bond acceptors (Lipinski definition) is 6. The zero-order valence-corrected chi connectivity index (χ0v) is 16.4. The van der Waals surface area contributed by atoms with Crippen molar-refractivity contribution in [2.24, 2.45) is 0 Å².